The summed E-state index contributed by atoms with van der Waals surface area (Å²) in [6.45, 7) is 0. The van der Waals surface area contributed by atoms with Gasteiger partial charge in [0.25, 0.3) is 0 Å². The summed E-state index contributed by atoms with van der Waals surface area (Å²) in [6, 6.07) is 13.2. The fourth-order valence-corrected chi connectivity index (χ4v) is 2.80. The van der Waals surface area contributed by atoms with Crippen molar-refractivity contribution in [2.45, 2.75) is 0 Å². The van der Waals surface area contributed by atoms with Gasteiger partial charge in [0.2, 0.25) is 0 Å². The maximum atomic E-state index is 11.8. The van der Waals surface area contributed by atoms with E-state index in [1.54, 1.807) is 0 Å². The molecule has 0 aromatic heterocycles. The average Bonchev–Trinajstić information content (AvgIpc) is 2.46. The zero-order chi connectivity index (χ0) is 15.1. The minimum atomic E-state index is -0.979. The van der Waals surface area contributed by atoms with Crippen LogP contribution in [0.2, 0.25) is 0 Å². The number of rotatable bonds is 1. The topological polar surface area (TPSA) is 47.0 Å². The fourth-order valence-electron chi connectivity index (χ4n) is 2.80. The number of para-hydroxylation sites is 3. The van der Waals surface area contributed by atoms with Crippen molar-refractivity contribution >= 4 is 34.5 Å². The molecule has 1 N–H and O–H groups in total. The van der Waals surface area contributed by atoms with Gasteiger partial charge >= 0.3 is 6.09 Å². The molecule has 0 atom stereocenters. The molecule has 0 radical (unpaired) electrons. The molecular weight excluding hydrogens is 266 g/mol. The highest BCUT2D eigenvalue weighted by Crippen LogP contribution is 2.50. The Kier molecular flexibility index (Phi) is 2.97. The number of amides is 1. The second-order valence-corrected chi connectivity index (χ2v) is 5.21. The standard InChI is InChI=1S/C16H17N3O2/c1-17(2)13-9-6-10-14-15(13)18(3)11-7-4-5-8-12(11)19(14)16(20)21/h4-10H,1-3H3,(H,20,21). The Hall–Kier alpha value is -2.69. The molecule has 1 aliphatic heterocycles. The van der Waals surface area contributed by atoms with Crippen LogP contribution in [0.25, 0.3) is 0 Å². The summed E-state index contributed by atoms with van der Waals surface area (Å²) < 4.78 is 0. The highest BCUT2D eigenvalue weighted by Gasteiger charge is 2.32. The van der Waals surface area contributed by atoms with E-state index in [0.29, 0.717) is 11.4 Å². The van der Waals surface area contributed by atoms with Gasteiger partial charge in [0.15, 0.2) is 0 Å². The smallest absolute Gasteiger partial charge is 0.416 e. The first kappa shape index (κ1) is 13.3. The van der Waals surface area contributed by atoms with Crippen molar-refractivity contribution in [2.75, 3.05) is 35.8 Å². The molecule has 21 heavy (non-hydrogen) atoms. The van der Waals surface area contributed by atoms with Gasteiger partial charge in [0.1, 0.15) is 0 Å². The molecule has 0 unspecified atom stereocenters. The van der Waals surface area contributed by atoms with E-state index < -0.39 is 6.09 Å². The van der Waals surface area contributed by atoms with Gasteiger partial charge in [-0.25, -0.2) is 9.69 Å². The molecule has 0 spiro atoms. The maximum absolute atomic E-state index is 11.8. The molecule has 0 aliphatic carbocycles. The lowest BCUT2D eigenvalue weighted by molar-refractivity contribution is 0.204. The van der Waals surface area contributed by atoms with Gasteiger partial charge in [-0.15, -0.1) is 0 Å². The van der Waals surface area contributed by atoms with Crippen LogP contribution in [-0.4, -0.2) is 32.3 Å². The third-order valence-electron chi connectivity index (χ3n) is 3.73. The molecule has 1 heterocycles. The molecule has 0 fully saturated rings. The number of fused-ring (bicyclic) bond motifs is 2. The van der Waals surface area contributed by atoms with Crippen molar-refractivity contribution in [1.82, 2.24) is 0 Å². The molecule has 5 heteroatoms. The SMILES string of the molecule is CN(C)c1cccc2c1N(C)c1ccccc1N2C(=O)O. The lowest BCUT2D eigenvalue weighted by atomic mass is 10.1. The van der Waals surface area contributed by atoms with E-state index in [0.717, 1.165) is 17.1 Å². The molecule has 1 aliphatic rings. The zero-order valence-corrected chi connectivity index (χ0v) is 12.2. The van der Waals surface area contributed by atoms with Crippen LogP contribution in [0.15, 0.2) is 42.5 Å². The van der Waals surface area contributed by atoms with Crippen molar-refractivity contribution < 1.29 is 9.90 Å². The number of hydrogen-bond acceptors (Lipinski definition) is 3. The first-order valence-electron chi connectivity index (χ1n) is 6.68. The van der Waals surface area contributed by atoms with E-state index in [4.69, 9.17) is 0 Å². The summed E-state index contributed by atoms with van der Waals surface area (Å²) in [4.78, 5) is 17.1. The Morgan fingerprint density at radius 2 is 1.62 bits per heavy atom. The van der Waals surface area contributed by atoms with Gasteiger partial charge in [0, 0.05) is 21.1 Å². The van der Waals surface area contributed by atoms with Crippen LogP contribution in [0.1, 0.15) is 0 Å². The second kappa shape index (κ2) is 4.70. The lowest BCUT2D eigenvalue weighted by Gasteiger charge is -2.38. The molecule has 0 saturated carbocycles. The number of hydrogen-bond donors (Lipinski definition) is 1. The number of carboxylic acid groups (broad SMARTS) is 1. The van der Waals surface area contributed by atoms with Crippen molar-refractivity contribution in [3.8, 4) is 0 Å². The van der Waals surface area contributed by atoms with E-state index >= 15 is 0 Å². The predicted molar refractivity (Wildman–Crippen MR) is 85.4 cm³/mol. The molecule has 1 amide bonds. The summed E-state index contributed by atoms with van der Waals surface area (Å²) >= 11 is 0. The molecule has 5 nitrogen and oxygen atoms in total. The summed E-state index contributed by atoms with van der Waals surface area (Å²) in [6.07, 6.45) is -0.979. The van der Waals surface area contributed by atoms with Crippen molar-refractivity contribution in [2.24, 2.45) is 0 Å². The van der Waals surface area contributed by atoms with E-state index in [-0.39, 0.29) is 0 Å². The summed E-state index contributed by atoms with van der Waals surface area (Å²) in [5, 5.41) is 9.64. The minimum Gasteiger partial charge on any atom is -0.464 e. The lowest BCUT2D eigenvalue weighted by Crippen LogP contribution is -2.32. The van der Waals surface area contributed by atoms with Crippen LogP contribution in [0, 0.1) is 0 Å². The average molecular weight is 283 g/mol. The Balaban J connectivity index is 2.32. The van der Waals surface area contributed by atoms with Crippen LogP contribution in [0.4, 0.5) is 33.2 Å². The molecule has 3 rings (SSSR count). The van der Waals surface area contributed by atoms with Crippen molar-refractivity contribution in [3.63, 3.8) is 0 Å². The molecule has 108 valence electrons. The van der Waals surface area contributed by atoms with Gasteiger partial charge in [-0.3, -0.25) is 0 Å². The molecular formula is C16H17N3O2. The van der Waals surface area contributed by atoms with E-state index in [9.17, 15) is 9.90 Å². The van der Waals surface area contributed by atoms with Gasteiger partial charge in [-0.2, -0.15) is 0 Å². The van der Waals surface area contributed by atoms with Crippen molar-refractivity contribution in [3.05, 3.63) is 42.5 Å². The summed E-state index contributed by atoms with van der Waals surface area (Å²) in [7, 11) is 5.87. The van der Waals surface area contributed by atoms with Crippen LogP contribution >= 0.6 is 0 Å². The van der Waals surface area contributed by atoms with Gasteiger partial charge < -0.3 is 14.9 Å². The Morgan fingerprint density at radius 3 is 2.24 bits per heavy atom. The first-order valence-corrected chi connectivity index (χ1v) is 6.68. The van der Waals surface area contributed by atoms with Crippen LogP contribution in [0.5, 0.6) is 0 Å². The van der Waals surface area contributed by atoms with Gasteiger partial charge in [-0.05, 0) is 24.3 Å². The Bertz CT molecular complexity index is 712. The third-order valence-corrected chi connectivity index (χ3v) is 3.73. The highest BCUT2D eigenvalue weighted by atomic mass is 16.4. The zero-order valence-electron chi connectivity index (χ0n) is 12.2. The molecule has 2 aromatic carbocycles. The van der Waals surface area contributed by atoms with Crippen LogP contribution in [-0.2, 0) is 0 Å². The molecule has 0 saturated heterocycles. The monoisotopic (exact) mass is 283 g/mol. The summed E-state index contributed by atoms with van der Waals surface area (Å²) in [5.41, 5.74) is 4.10. The van der Waals surface area contributed by atoms with Crippen LogP contribution < -0.4 is 14.7 Å². The van der Waals surface area contributed by atoms with E-state index in [2.05, 4.69) is 0 Å². The predicted octanol–water partition coefficient (Wildman–Crippen LogP) is 3.65. The first-order chi connectivity index (χ1) is 10.0. The van der Waals surface area contributed by atoms with Crippen molar-refractivity contribution in [1.29, 1.82) is 0 Å². The van der Waals surface area contributed by atoms with Crippen LogP contribution in [0.3, 0.4) is 0 Å². The highest BCUT2D eigenvalue weighted by molar-refractivity contribution is 6.08. The van der Waals surface area contributed by atoms with E-state index in [1.807, 2.05) is 73.4 Å². The number of carbonyl (C=O) groups is 1. The quantitative estimate of drug-likeness (QED) is 0.867. The van der Waals surface area contributed by atoms with Gasteiger partial charge in [0.05, 0.1) is 28.4 Å². The molecule has 2 aromatic rings. The number of nitrogens with zero attached hydrogens (tertiary/aromatic N) is 3. The fraction of sp³-hybridized carbons (Fsp3) is 0.188. The number of benzene rings is 2. The van der Waals surface area contributed by atoms with Gasteiger partial charge in [-0.1, -0.05) is 18.2 Å². The minimum absolute atomic E-state index is 0.676. The summed E-state index contributed by atoms with van der Waals surface area (Å²) in [5.74, 6) is 0. The third kappa shape index (κ3) is 1.89. The van der Waals surface area contributed by atoms with E-state index in [1.165, 1.54) is 4.90 Å². The largest absolute Gasteiger partial charge is 0.464 e. The maximum Gasteiger partial charge on any atom is 0.416 e. The molecule has 0 bridgehead atoms. The number of anilines is 5. The second-order valence-electron chi connectivity index (χ2n) is 5.21. The normalized spacial score (nSPS) is 12.7. The Labute approximate surface area is 123 Å². The Morgan fingerprint density at radius 1 is 1.00 bits per heavy atom.